The molecule has 0 atom stereocenters. The predicted octanol–water partition coefficient (Wildman–Crippen LogP) is 2.99. The zero-order valence-corrected chi connectivity index (χ0v) is 15.0. The van der Waals surface area contributed by atoms with E-state index in [1.165, 1.54) is 6.07 Å². The molecule has 0 unspecified atom stereocenters. The molecule has 0 aromatic heterocycles. The molecule has 2 N–H and O–H groups in total. The number of halogens is 1. The predicted molar refractivity (Wildman–Crippen MR) is 97.1 cm³/mol. The third-order valence-corrected chi connectivity index (χ3v) is 4.21. The van der Waals surface area contributed by atoms with Crippen LogP contribution in [0.3, 0.4) is 0 Å². The highest BCUT2D eigenvalue weighted by molar-refractivity contribution is 7.92. The molecular formula is C17H19ClN2O3S. The zero-order valence-electron chi connectivity index (χ0n) is 13.5. The van der Waals surface area contributed by atoms with Crippen molar-refractivity contribution >= 4 is 33.2 Å². The Morgan fingerprint density at radius 3 is 2.58 bits per heavy atom. The van der Waals surface area contributed by atoms with E-state index >= 15 is 0 Å². The molecule has 0 saturated carbocycles. The Bertz CT molecular complexity index is 851. The summed E-state index contributed by atoms with van der Waals surface area (Å²) >= 11 is 5.92. The summed E-state index contributed by atoms with van der Waals surface area (Å²) in [6, 6.07) is 12.4. The first-order valence-electron chi connectivity index (χ1n) is 7.36. The lowest BCUT2D eigenvalue weighted by atomic mass is 10.1. The molecule has 0 bridgehead atoms. The van der Waals surface area contributed by atoms with Crippen LogP contribution in [-0.2, 0) is 16.4 Å². The van der Waals surface area contributed by atoms with Gasteiger partial charge in [-0.2, -0.15) is 0 Å². The Balaban J connectivity index is 2.00. The van der Waals surface area contributed by atoms with E-state index in [0.29, 0.717) is 29.2 Å². The van der Waals surface area contributed by atoms with E-state index in [2.05, 4.69) is 10.0 Å². The van der Waals surface area contributed by atoms with Crippen molar-refractivity contribution in [2.75, 3.05) is 17.5 Å². The minimum atomic E-state index is -3.39. The molecule has 0 saturated heterocycles. The summed E-state index contributed by atoms with van der Waals surface area (Å²) in [5, 5.41) is 3.48. The van der Waals surface area contributed by atoms with Crippen LogP contribution < -0.4 is 10.0 Å². The van der Waals surface area contributed by atoms with Crippen molar-refractivity contribution in [1.82, 2.24) is 5.32 Å². The summed E-state index contributed by atoms with van der Waals surface area (Å²) in [4.78, 5) is 12.2. The van der Waals surface area contributed by atoms with Crippen LogP contribution in [0, 0.1) is 6.92 Å². The number of hydrogen-bond donors (Lipinski definition) is 2. The van der Waals surface area contributed by atoms with Gasteiger partial charge >= 0.3 is 0 Å². The summed E-state index contributed by atoms with van der Waals surface area (Å²) in [6.07, 6.45) is 1.73. The van der Waals surface area contributed by atoms with Crippen molar-refractivity contribution in [1.29, 1.82) is 0 Å². The molecule has 0 radical (unpaired) electrons. The highest BCUT2D eigenvalue weighted by atomic mass is 35.5. The van der Waals surface area contributed by atoms with E-state index in [1.807, 2.05) is 18.2 Å². The van der Waals surface area contributed by atoms with Crippen LogP contribution in [0.25, 0.3) is 0 Å². The highest BCUT2D eigenvalue weighted by Gasteiger charge is 2.10. The van der Waals surface area contributed by atoms with Gasteiger partial charge in [-0.3, -0.25) is 9.52 Å². The summed E-state index contributed by atoms with van der Waals surface area (Å²) in [5.41, 5.74) is 2.58. The first-order chi connectivity index (χ1) is 11.2. The lowest BCUT2D eigenvalue weighted by Crippen LogP contribution is -2.26. The van der Waals surface area contributed by atoms with Gasteiger partial charge in [0.15, 0.2) is 0 Å². The van der Waals surface area contributed by atoms with Gasteiger partial charge in [0.05, 0.1) is 11.9 Å². The average molecular weight is 367 g/mol. The second kappa shape index (κ2) is 7.68. The SMILES string of the molecule is Cc1ccc(C(=O)NCCc2cccc(Cl)c2)cc1NS(C)(=O)=O. The standard InChI is InChI=1S/C17H19ClN2O3S/c1-12-6-7-14(11-16(12)20-24(2,22)23)17(21)19-9-8-13-4-3-5-15(18)10-13/h3-7,10-11,20H,8-9H2,1-2H3,(H,19,21). The van der Waals surface area contributed by atoms with E-state index < -0.39 is 10.0 Å². The molecule has 0 aliphatic heterocycles. The number of anilines is 1. The maximum atomic E-state index is 12.2. The van der Waals surface area contributed by atoms with Crippen LogP contribution in [0.1, 0.15) is 21.5 Å². The average Bonchev–Trinajstić information content (AvgIpc) is 2.48. The summed E-state index contributed by atoms with van der Waals surface area (Å²) in [5.74, 6) is -0.256. The van der Waals surface area contributed by atoms with Crippen molar-refractivity contribution in [2.24, 2.45) is 0 Å². The molecule has 24 heavy (non-hydrogen) atoms. The molecule has 0 fully saturated rings. The van der Waals surface area contributed by atoms with Crippen LogP contribution in [-0.4, -0.2) is 27.1 Å². The molecule has 7 heteroatoms. The monoisotopic (exact) mass is 366 g/mol. The maximum Gasteiger partial charge on any atom is 0.251 e. The quantitative estimate of drug-likeness (QED) is 0.825. The Morgan fingerprint density at radius 2 is 1.92 bits per heavy atom. The fraction of sp³-hybridized carbons (Fsp3) is 0.235. The number of carbonyl (C=O) groups excluding carboxylic acids is 1. The first kappa shape index (κ1) is 18.3. The fourth-order valence-electron chi connectivity index (χ4n) is 2.19. The number of carbonyl (C=O) groups is 1. The summed E-state index contributed by atoms with van der Waals surface area (Å²) in [6.45, 7) is 2.23. The van der Waals surface area contributed by atoms with Gasteiger partial charge in [0.2, 0.25) is 10.0 Å². The van der Waals surface area contributed by atoms with Crippen molar-refractivity contribution in [3.05, 3.63) is 64.2 Å². The number of amides is 1. The smallest absolute Gasteiger partial charge is 0.251 e. The normalized spacial score (nSPS) is 11.1. The second-order valence-electron chi connectivity index (χ2n) is 5.54. The number of aryl methyl sites for hydroxylation is 1. The van der Waals surface area contributed by atoms with E-state index in [0.717, 1.165) is 17.4 Å². The third kappa shape index (κ3) is 5.54. The van der Waals surface area contributed by atoms with E-state index in [4.69, 9.17) is 11.6 Å². The molecule has 0 spiro atoms. The van der Waals surface area contributed by atoms with Gasteiger partial charge in [-0.05, 0) is 48.7 Å². The molecule has 128 valence electrons. The summed E-state index contributed by atoms with van der Waals surface area (Å²) in [7, 11) is -3.39. The van der Waals surface area contributed by atoms with Crippen LogP contribution in [0.4, 0.5) is 5.69 Å². The van der Waals surface area contributed by atoms with Gasteiger partial charge in [-0.15, -0.1) is 0 Å². The highest BCUT2D eigenvalue weighted by Crippen LogP contribution is 2.18. The van der Waals surface area contributed by atoms with E-state index in [1.54, 1.807) is 25.1 Å². The third-order valence-electron chi connectivity index (χ3n) is 3.38. The van der Waals surface area contributed by atoms with Gasteiger partial charge < -0.3 is 5.32 Å². The van der Waals surface area contributed by atoms with Crippen LogP contribution in [0.5, 0.6) is 0 Å². The number of rotatable bonds is 6. The molecule has 1 amide bonds. The number of hydrogen-bond acceptors (Lipinski definition) is 3. The van der Waals surface area contributed by atoms with Crippen LogP contribution in [0.2, 0.25) is 5.02 Å². The maximum absolute atomic E-state index is 12.2. The van der Waals surface area contributed by atoms with Gasteiger partial charge in [-0.1, -0.05) is 29.8 Å². The Morgan fingerprint density at radius 1 is 1.17 bits per heavy atom. The van der Waals surface area contributed by atoms with Gasteiger partial charge in [0.1, 0.15) is 0 Å². The second-order valence-corrected chi connectivity index (χ2v) is 7.72. The Labute approximate surface area is 147 Å². The Hall–Kier alpha value is -2.05. The number of sulfonamides is 1. The van der Waals surface area contributed by atoms with Crippen molar-refractivity contribution < 1.29 is 13.2 Å². The molecule has 0 aliphatic carbocycles. The summed E-state index contributed by atoms with van der Waals surface area (Å²) < 4.78 is 25.1. The topological polar surface area (TPSA) is 75.3 Å². The van der Waals surface area contributed by atoms with E-state index in [-0.39, 0.29) is 5.91 Å². The number of nitrogens with one attached hydrogen (secondary N) is 2. The van der Waals surface area contributed by atoms with Crippen molar-refractivity contribution in [2.45, 2.75) is 13.3 Å². The largest absolute Gasteiger partial charge is 0.352 e. The van der Waals surface area contributed by atoms with E-state index in [9.17, 15) is 13.2 Å². The van der Waals surface area contributed by atoms with Crippen molar-refractivity contribution in [3.63, 3.8) is 0 Å². The molecule has 2 rings (SSSR count). The van der Waals surface area contributed by atoms with Gasteiger partial charge in [0.25, 0.3) is 5.91 Å². The first-order valence-corrected chi connectivity index (χ1v) is 9.62. The molecule has 2 aromatic carbocycles. The fourth-order valence-corrected chi connectivity index (χ4v) is 3.02. The van der Waals surface area contributed by atoms with Gasteiger partial charge in [-0.25, -0.2) is 8.42 Å². The lowest BCUT2D eigenvalue weighted by molar-refractivity contribution is 0.0954. The lowest BCUT2D eigenvalue weighted by Gasteiger charge is -2.10. The molecular weight excluding hydrogens is 348 g/mol. The van der Waals surface area contributed by atoms with Crippen molar-refractivity contribution in [3.8, 4) is 0 Å². The van der Waals surface area contributed by atoms with Crippen LogP contribution in [0.15, 0.2) is 42.5 Å². The molecule has 0 heterocycles. The molecule has 5 nitrogen and oxygen atoms in total. The molecule has 0 aliphatic rings. The minimum absolute atomic E-state index is 0.256. The van der Waals surface area contributed by atoms with Gasteiger partial charge in [0, 0.05) is 17.1 Å². The Kier molecular flexibility index (Phi) is 5.85. The van der Waals surface area contributed by atoms with Crippen LogP contribution >= 0.6 is 11.6 Å². The molecule has 2 aromatic rings. The number of benzene rings is 2. The zero-order chi connectivity index (χ0) is 17.7. The minimum Gasteiger partial charge on any atom is -0.352 e.